The molecule has 108 valence electrons. The summed E-state index contributed by atoms with van der Waals surface area (Å²) in [5, 5.41) is 4.34. The van der Waals surface area contributed by atoms with Crippen molar-refractivity contribution in [1.29, 1.82) is 0 Å². The fraction of sp³-hybridized carbons (Fsp3) is 0.267. The van der Waals surface area contributed by atoms with Gasteiger partial charge in [-0.25, -0.2) is 4.90 Å². The van der Waals surface area contributed by atoms with Crippen LogP contribution in [0, 0.1) is 17.4 Å². The van der Waals surface area contributed by atoms with E-state index in [0.29, 0.717) is 5.69 Å². The number of hydrogen-bond donors (Lipinski definition) is 0. The molecule has 1 aliphatic rings. The normalized spacial score (nSPS) is 18.6. The van der Waals surface area contributed by atoms with Crippen molar-refractivity contribution >= 4 is 40.1 Å². The van der Waals surface area contributed by atoms with Gasteiger partial charge in [-0.3, -0.25) is 14.3 Å². The number of aromatic nitrogens is 2. The summed E-state index contributed by atoms with van der Waals surface area (Å²) in [4.78, 5) is 26.1. The Morgan fingerprint density at radius 1 is 1.19 bits per heavy atom. The van der Waals surface area contributed by atoms with Gasteiger partial charge in [0.05, 0.1) is 17.8 Å². The van der Waals surface area contributed by atoms with E-state index in [1.807, 2.05) is 32.0 Å². The van der Waals surface area contributed by atoms with E-state index in [1.165, 1.54) is 4.90 Å². The molecule has 1 atom stereocenters. The third kappa shape index (κ3) is 2.48. The third-order valence-electron chi connectivity index (χ3n) is 3.55. The zero-order valence-corrected chi connectivity index (χ0v) is 13.9. The zero-order chi connectivity index (χ0) is 15.1. The molecule has 2 amide bonds. The molecule has 0 N–H and O–H groups in total. The van der Waals surface area contributed by atoms with Gasteiger partial charge in [0.25, 0.3) is 5.91 Å². The number of nitrogens with zero attached hydrogens (tertiary/aromatic N) is 3. The van der Waals surface area contributed by atoms with E-state index in [9.17, 15) is 9.59 Å². The van der Waals surface area contributed by atoms with Crippen LogP contribution in [-0.2, 0) is 9.59 Å². The lowest BCUT2D eigenvalue weighted by Crippen LogP contribution is -2.31. The lowest BCUT2D eigenvalue weighted by molar-refractivity contribution is -0.122. The number of amides is 2. The molecule has 0 aliphatic carbocycles. The van der Waals surface area contributed by atoms with Crippen molar-refractivity contribution in [3.63, 3.8) is 0 Å². The Kier molecular flexibility index (Phi) is 3.56. The van der Waals surface area contributed by atoms with Crippen LogP contribution in [0.2, 0.25) is 0 Å². The molecule has 1 fully saturated rings. The van der Waals surface area contributed by atoms with Gasteiger partial charge in [-0.2, -0.15) is 5.10 Å². The van der Waals surface area contributed by atoms with Crippen molar-refractivity contribution < 1.29 is 9.59 Å². The fourth-order valence-corrected chi connectivity index (χ4v) is 2.99. The molecule has 21 heavy (non-hydrogen) atoms. The number of carbonyl (C=O) groups is 2. The number of aryl methyl sites for hydroxylation is 2. The number of anilines is 1. The van der Waals surface area contributed by atoms with Gasteiger partial charge < -0.3 is 0 Å². The third-order valence-corrected chi connectivity index (χ3v) is 4.27. The highest BCUT2D eigenvalue weighted by Gasteiger charge is 2.41. The number of halogens is 1. The minimum atomic E-state index is -0.537. The van der Waals surface area contributed by atoms with Crippen molar-refractivity contribution in [2.75, 3.05) is 4.90 Å². The summed E-state index contributed by atoms with van der Waals surface area (Å²) in [5.41, 5.74) is 2.36. The number of rotatable bonds is 2. The minimum absolute atomic E-state index is 0.160. The first-order chi connectivity index (χ1) is 9.97. The maximum Gasteiger partial charge on any atom is 0.259 e. The van der Waals surface area contributed by atoms with Crippen molar-refractivity contribution in [2.45, 2.75) is 26.3 Å². The smallest absolute Gasteiger partial charge is 0.259 e. The molecule has 2 heterocycles. The van der Waals surface area contributed by atoms with E-state index in [4.69, 9.17) is 0 Å². The Bertz CT molecular complexity index is 721. The van der Waals surface area contributed by atoms with Gasteiger partial charge in [0, 0.05) is 9.26 Å². The van der Waals surface area contributed by atoms with E-state index < -0.39 is 6.04 Å². The van der Waals surface area contributed by atoms with Gasteiger partial charge in [-0.1, -0.05) is 0 Å². The molecule has 0 spiro atoms. The Morgan fingerprint density at radius 3 is 2.43 bits per heavy atom. The summed E-state index contributed by atoms with van der Waals surface area (Å²) in [6.45, 7) is 3.77. The van der Waals surface area contributed by atoms with E-state index in [1.54, 1.807) is 16.8 Å². The second-order valence-corrected chi connectivity index (χ2v) is 6.38. The van der Waals surface area contributed by atoms with E-state index in [2.05, 4.69) is 27.7 Å². The number of hydrogen-bond acceptors (Lipinski definition) is 3. The first-order valence-electron chi connectivity index (χ1n) is 6.62. The van der Waals surface area contributed by atoms with Crippen LogP contribution in [0.5, 0.6) is 0 Å². The lowest BCUT2D eigenvalue weighted by atomic mass is 10.2. The number of imide groups is 1. The minimum Gasteiger partial charge on any atom is -0.274 e. The zero-order valence-electron chi connectivity index (χ0n) is 11.7. The highest BCUT2D eigenvalue weighted by atomic mass is 127. The first kappa shape index (κ1) is 14.2. The van der Waals surface area contributed by atoms with Crippen LogP contribution in [0.15, 0.2) is 30.3 Å². The predicted octanol–water partition coefficient (Wildman–Crippen LogP) is 2.61. The molecule has 5 nitrogen and oxygen atoms in total. The average Bonchev–Trinajstić information content (AvgIpc) is 2.91. The standard InChI is InChI=1S/C15H14IN3O2/c1-9-7-10(2)19(17-9)13-8-14(20)18(15(13)21)12-5-3-11(16)4-6-12/h3-7,13H,8H2,1-2H3. The monoisotopic (exact) mass is 395 g/mol. The summed E-state index contributed by atoms with van der Waals surface area (Å²) < 4.78 is 2.72. The Balaban J connectivity index is 1.95. The van der Waals surface area contributed by atoms with Crippen LogP contribution in [0.1, 0.15) is 23.9 Å². The summed E-state index contributed by atoms with van der Waals surface area (Å²) in [7, 11) is 0. The quantitative estimate of drug-likeness (QED) is 0.581. The van der Waals surface area contributed by atoms with Crippen LogP contribution in [-0.4, -0.2) is 21.6 Å². The van der Waals surface area contributed by atoms with Gasteiger partial charge >= 0.3 is 0 Å². The molecule has 1 aromatic carbocycles. The molecule has 1 unspecified atom stereocenters. The van der Waals surface area contributed by atoms with Crippen molar-refractivity contribution in [3.8, 4) is 0 Å². The highest BCUT2D eigenvalue weighted by Crippen LogP contribution is 2.30. The molecule has 3 rings (SSSR count). The van der Waals surface area contributed by atoms with E-state index in [0.717, 1.165) is 15.0 Å². The second-order valence-electron chi connectivity index (χ2n) is 5.14. The van der Waals surface area contributed by atoms with E-state index in [-0.39, 0.29) is 18.2 Å². The number of benzene rings is 1. The Morgan fingerprint density at radius 2 is 1.86 bits per heavy atom. The summed E-state index contributed by atoms with van der Waals surface area (Å²) >= 11 is 2.19. The average molecular weight is 395 g/mol. The topological polar surface area (TPSA) is 55.2 Å². The molecule has 0 bridgehead atoms. The molecule has 1 saturated heterocycles. The predicted molar refractivity (Wildman–Crippen MR) is 87.0 cm³/mol. The maximum absolute atomic E-state index is 12.6. The lowest BCUT2D eigenvalue weighted by Gasteiger charge is -2.15. The molecule has 1 aliphatic heterocycles. The van der Waals surface area contributed by atoms with E-state index >= 15 is 0 Å². The van der Waals surface area contributed by atoms with Crippen LogP contribution >= 0.6 is 22.6 Å². The molecular formula is C15H14IN3O2. The largest absolute Gasteiger partial charge is 0.274 e. The van der Waals surface area contributed by atoms with Crippen molar-refractivity contribution in [1.82, 2.24) is 9.78 Å². The van der Waals surface area contributed by atoms with Crippen LogP contribution in [0.3, 0.4) is 0 Å². The SMILES string of the molecule is Cc1cc(C)n(C2CC(=O)N(c3ccc(I)cc3)C2=O)n1. The Hall–Kier alpha value is -1.70. The molecular weight excluding hydrogens is 381 g/mol. The van der Waals surface area contributed by atoms with Gasteiger partial charge in [-0.15, -0.1) is 0 Å². The molecule has 6 heteroatoms. The van der Waals surface area contributed by atoms with Gasteiger partial charge in [-0.05, 0) is 66.8 Å². The van der Waals surface area contributed by atoms with Crippen molar-refractivity contribution in [3.05, 3.63) is 45.3 Å². The first-order valence-corrected chi connectivity index (χ1v) is 7.70. The van der Waals surface area contributed by atoms with Gasteiger partial charge in [0.1, 0.15) is 6.04 Å². The summed E-state index contributed by atoms with van der Waals surface area (Å²) in [5.74, 6) is -0.397. The Labute approximate surface area is 136 Å². The molecule has 0 saturated carbocycles. The number of carbonyl (C=O) groups excluding carboxylic acids is 2. The maximum atomic E-state index is 12.6. The van der Waals surface area contributed by atoms with Crippen molar-refractivity contribution in [2.24, 2.45) is 0 Å². The van der Waals surface area contributed by atoms with Crippen LogP contribution < -0.4 is 4.90 Å². The summed E-state index contributed by atoms with van der Waals surface area (Å²) in [6.07, 6.45) is 0.160. The van der Waals surface area contributed by atoms with Gasteiger partial charge in [0.15, 0.2) is 0 Å². The fourth-order valence-electron chi connectivity index (χ4n) is 2.63. The molecule has 1 aromatic heterocycles. The van der Waals surface area contributed by atoms with Gasteiger partial charge in [0.2, 0.25) is 5.91 Å². The second kappa shape index (κ2) is 5.25. The molecule has 2 aromatic rings. The molecule has 0 radical (unpaired) electrons. The van der Waals surface area contributed by atoms with Crippen LogP contribution in [0.4, 0.5) is 5.69 Å². The van der Waals surface area contributed by atoms with Crippen LogP contribution in [0.25, 0.3) is 0 Å². The highest BCUT2D eigenvalue weighted by molar-refractivity contribution is 14.1. The summed E-state index contributed by atoms with van der Waals surface area (Å²) in [6, 6.07) is 8.72.